The third kappa shape index (κ3) is 3.09. The van der Waals surface area contributed by atoms with Gasteiger partial charge in [0.1, 0.15) is 0 Å². The highest BCUT2D eigenvalue weighted by atomic mass is 35.5. The summed E-state index contributed by atoms with van der Waals surface area (Å²) < 4.78 is 0. The van der Waals surface area contributed by atoms with Crippen LogP contribution in [0.25, 0.3) is 0 Å². The molecule has 0 aliphatic carbocycles. The SMILES string of the molecule is CN1Cc2[nH]cnc2C[C@H]1C(=O)NCc1ccc(Cl)cc1. The lowest BCUT2D eigenvalue weighted by atomic mass is 10.0. The molecular formula is C15H17ClN4O. The number of hydrogen-bond donors (Lipinski definition) is 2. The number of carbonyl (C=O) groups is 1. The number of nitrogens with one attached hydrogen (secondary N) is 2. The summed E-state index contributed by atoms with van der Waals surface area (Å²) >= 11 is 5.85. The summed E-state index contributed by atoms with van der Waals surface area (Å²) in [5.41, 5.74) is 3.12. The average Bonchev–Trinajstić information content (AvgIpc) is 2.92. The molecule has 5 nitrogen and oxygen atoms in total. The number of benzene rings is 1. The minimum Gasteiger partial charge on any atom is -0.351 e. The van der Waals surface area contributed by atoms with Crippen LogP contribution in [0.15, 0.2) is 30.6 Å². The summed E-state index contributed by atoms with van der Waals surface area (Å²) in [6.07, 6.45) is 2.33. The van der Waals surface area contributed by atoms with Crippen LogP contribution in [-0.4, -0.2) is 33.9 Å². The predicted molar refractivity (Wildman–Crippen MR) is 80.8 cm³/mol. The Morgan fingerprint density at radius 3 is 3.00 bits per heavy atom. The number of likely N-dealkylation sites (N-methyl/N-ethyl adjacent to an activating group) is 1. The molecular weight excluding hydrogens is 288 g/mol. The number of fused-ring (bicyclic) bond motifs is 1. The Kier molecular flexibility index (Phi) is 3.94. The molecule has 1 atom stereocenters. The van der Waals surface area contributed by atoms with E-state index in [1.54, 1.807) is 6.33 Å². The molecule has 0 spiro atoms. The van der Waals surface area contributed by atoms with Gasteiger partial charge in [0, 0.05) is 24.5 Å². The number of imidazole rings is 1. The van der Waals surface area contributed by atoms with E-state index in [1.807, 2.05) is 36.2 Å². The molecule has 0 bridgehead atoms. The molecule has 110 valence electrons. The molecule has 1 aliphatic heterocycles. The van der Waals surface area contributed by atoms with E-state index >= 15 is 0 Å². The summed E-state index contributed by atoms with van der Waals surface area (Å²) in [4.78, 5) is 21.8. The predicted octanol–water partition coefficient (Wildman–Crippen LogP) is 1.74. The van der Waals surface area contributed by atoms with Crippen molar-refractivity contribution in [3.05, 3.63) is 52.6 Å². The van der Waals surface area contributed by atoms with Gasteiger partial charge in [-0.15, -0.1) is 0 Å². The maximum atomic E-state index is 12.4. The number of aromatic nitrogens is 2. The number of amides is 1. The molecule has 0 saturated heterocycles. The van der Waals surface area contributed by atoms with Crippen LogP contribution in [0.1, 0.15) is 17.0 Å². The van der Waals surface area contributed by atoms with Gasteiger partial charge in [0.15, 0.2) is 0 Å². The minimum atomic E-state index is -0.173. The monoisotopic (exact) mass is 304 g/mol. The van der Waals surface area contributed by atoms with Crippen LogP contribution < -0.4 is 5.32 Å². The first kappa shape index (κ1) is 14.1. The van der Waals surface area contributed by atoms with Crippen molar-refractivity contribution in [2.45, 2.75) is 25.6 Å². The summed E-state index contributed by atoms with van der Waals surface area (Å²) in [5.74, 6) is 0.0288. The number of carbonyl (C=O) groups excluding carboxylic acids is 1. The first-order valence-electron chi connectivity index (χ1n) is 6.87. The highest BCUT2D eigenvalue weighted by Crippen LogP contribution is 2.19. The number of hydrogen-bond acceptors (Lipinski definition) is 3. The number of aromatic amines is 1. The summed E-state index contributed by atoms with van der Waals surface area (Å²) in [7, 11) is 1.95. The Morgan fingerprint density at radius 1 is 1.48 bits per heavy atom. The average molecular weight is 305 g/mol. The third-order valence-electron chi connectivity index (χ3n) is 3.82. The third-order valence-corrected chi connectivity index (χ3v) is 4.07. The van der Waals surface area contributed by atoms with Crippen molar-refractivity contribution < 1.29 is 4.79 Å². The summed E-state index contributed by atoms with van der Waals surface area (Å²) in [6.45, 7) is 1.22. The van der Waals surface area contributed by atoms with Crippen molar-refractivity contribution in [1.29, 1.82) is 0 Å². The second-order valence-corrected chi connectivity index (χ2v) is 5.74. The van der Waals surface area contributed by atoms with Crippen LogP contribution in [0, 0.1) is 0 Å². The first-order chi connectivity index (χ1) is 10.1. The molecule has 1 aromatic heterocycles. The van der Waals surface area contributed by atoms with Crippen molar-refractivity contribution in [3.8, 4) is 0 Å². The minimum absolute atomic E-state index is 0.0288. The zero-order chi connectivity index (χ0) is 14.8. The van der Waals surface area contributed by atoms with E-state index in [4.69, 9.17) is 11.6 Å². The van der Waals surface area contributed by atoms with Crippen LogP contribution in [0.5, 0.6) is 0 Å². The molecule has 2 heterocycles. The van der Waals surface area contributed by atoms with Gasteiger partial charge < -0.3 is 10.3 Å². The molecule has 0 radical (unpaired) electrons. The zero-order valence-corrected chi connectivity index (χ0v) is 12.5. The number of halogens is 1. The van der Waals surface area contributed by atoms with Gasteiger partial charge in [0.2, 0.25) is 5.91 Å². The molecule has 2 aromatic rings. The Balaban J connectivity index is 1.62. The Labute approximate surface area is 128 Å². The van der Waals surface area contributed by atoms with Gasteiger partial charge in [-0.25, -0.2) is 4.98 Å². The van der Waals surface area contributed by atoms with E-state index in [0.717, 1.165) is 17.0 Å². The van der Waals surface area contributed by atoms with Crippen LogP contribution in [0.2, 0.25) is 5.02 Å². The van der Waals surface area contributed by atoms with E-state index in [0.29, 0.717) is 24.5 Å². The Bertz CT molecular complexity index is 637. The second kappa shape index (κ2) is 5.87. The number of H-pyrrole nitrogens is 1. The lowest BCUT2D eigenvalue weighted by Crippen LogP contribution is -2.48. The topological polar surface area (TPSA) is 61.0 Å². The fraction of sp³-hybridized carbons (Fsp3) is 0.333. The second-order valence-electron chi connectivity index (χ2n) is 5.31. The van der Waals surface area contributed by atoms with Gasteiger partial charge in [-0.2, -0.15) is 0 Å². The van der Waals surface area contributed by atoms with Gasteiger partial charge in [-0.1, -0.05) is 23.7 Å². The zero-order valence-electron chi connectivity index (χ0n) is 11.8. The molecule has 1 aliphatic rings. The van der Waals surface area contributed by atoms with E-state index in [-0.39, 0.29) is 11.9 Å². The van der Waals surface area contributed by atoms with Crippen molar-refractivity contribution in [3.63, 3.8) is 0 Å². The van der Waals surface area contributed by atoms with Gasteiger partial charge in [-0.05, 0) is 24.7 Å². The summed E-state index contributed by atoms with van der Waals surface area (Å²) in [6, 6.07) is 7.31. The van der Waals surface area contributed by atoms with Crippen LogP contribution >= 0.6 is 11.6 Å². The molecule has 0 fully saturated rings. The number of rotatable bonds is 3. The van der Waals surface area contributed by atoms with E-state index in [2.05, 4.69) is 15.3 Å². The lowest BCUT2D eigenvalue weighted by Gasteiger charge is -2.30. The number of nitrogens with zero attached hydrogens (tertiary/aromatic N) is 2. The molecule has 1 amide bonds. The van der Waals surface area contributed by atoms with Crippen LogP contribution in [0.3, 0.4) is 0 Å². The highest BCUT2D eigenvalue weighted by molar-refractivity contribution is 6.30. The smallest absolute Gasteiger partial charge is 0.238 e. The van der Waals surface area contributed by atoms with E-state index in [1.165, 1.54) is 0 Å². The van der Waals surface area contributed by atoms with Crippen LogP contribution in [-0.2, 0) is 24.3 Å². The van der Waals surface area contributed by atoms with Gasteiger partial charge in [0.25, 0.3) is 0 Å². The fourth-order valence-corrected chi connectivity index (χ4v) is 2.69. The Morgan fingerprint density at radius 2 is 2.24 bits per heavy atom. The first-order valence-corrected chi connectivity index (χ1v) is 7.25. The maximum absolute atomic E-state index is 12.4. The molecule has 3 rings (SSSR count). The Hall–Kier alpha value is -1.85. The van der Waals surface area contributed by atoms with E-state index in [9.17, 15) is 4.79 Å². The highest BCUT2D eigenvalue weighted by Gasteiger charge is 2.30. The van der Waals surface area contributed by atoms with Gasteiger partial charge in [-0.3, -0.25) is 9.69 Å². The normalized spacial score (nSPS) is 18.3. The molecule has 6 heteroatoms. The van der Waals surface area contributed by atoms with Crippen molar-refractivity contribution in [2.75, 3.05) is 7.05 Å². The molecule has 0 saturated carbocycles. The standard InChI is InChI=1S/C15H17ClN4O/c1-20-8-13-12(18-9-19-13)6-14(20)15(21)17-7-10-2-4-11(16)5-3-10/h2-5,9,14H,6-8H2,1H3,(H,17,21)(H,18,19)/t14-/m0/s1. The van der Waals surface area contributed by atoms with Gasteiger partial charge in [0.05, 0.1) is 23.8 Å². The molecule has 0 unspecified atom stereocenters. The molecule has 1 aromatic carbocycles. The fourth-order valence-electron chi connectivity index (χ4n) is 2.56. The quantitative estimate of drug-likeness (QED) is 0.908. The summed E-state index contributed by atoms with van der Waals surface area (Å²) in [5, 5.41) is 3.68. The lowest BCUT2D eigenvalue weighted by molar-refractivity contribution is -0.126. The molecule has 2 N–H and O–H groups in total. The van der Waals surface area contributed by atoms with Gasteiger partial charge >= 0.3 is 0 Å². The van der Waals surface area contributed by atoms with E-state index < -0.39 is 0 Å². The van der Waals surface area contributed by atoms with Crippen molar-refractivity contribution in [2.24, 2.45) is 0 Å². The largest absolute Gasteiger partial charge is 0.351 e. The van der Waals surface area contributed by atoms with Crippen molar-refractivity contribution >= 4 is 17.5 Å². The maximum Gasteiger partial charge on any atom is 0.238 e. The van der Waals surface area contributed by atoms with Crippen LogP contribution in [0.4, 0.5) is 0 Å². The molecule has 21 heavy (non-hydrogen) atoms. The van der Waals surface area contributed by atoms with Crippen molar-refractivity contribution in [1.82, 2.24) is 20.2 Å².